The van der Waals surface area contributed by atoms with Crippen LogP contribution in [0.1, 0.15) is 29.5 Å². The first kappa shape index (κ1) is 16.0. The number of β-amino-alcohol motifs (C(OH)–C–C–N with tert-alkyl or cyclic N) is 1. The molecule has 5 heteroatoms. The zero-order valence-electron chi connectivity index (χ0n) is 14.2. The first-order valence-electron chi connectivity index (χ1n) is 8.56. The monoisotopic (exact) mass is 335 g/mol. The molecule has 1 fully saturated rings. The lowest BCUT2D eigenvalue weighted by Gasteiger charge is -2.21. The molecule has 0 spiro atoms. The van der Waals surface area contributed by atoms with Gasteiger partial charge in [0.1, 0.15) is 0 Å². The Morgan fingerprint density at radius 1 is 1.12 bits per heavy atom. The zero-order chi connectivity index (χ0) is 17.2. The van der Waals surface area contributed by atoms with Crippen LogP contribution in [-0.2, 0) is 6.54 Å². The molecule has 4 rings (SSSR count). The Kier molecular flexibility index (Phi) is 4.34. The number of hydrogen-bond acceptors (Lipinski definition) is 5. The molecule has 2 unspecified atom stereocenters. The van der Waals surface area contributed by atoms with Crippen LogP contribution in [0.3, 0.4) is 0 Å². The van der Waals surface area contributed by atoms with Crippen molar-refractivity contribution in [3.05, 3.63) is 71.6 Å². The number of nitrogens with zero attached hydrogens (tertiary/aromatic N) is 3. The average Bonchev–Trinajstić information content (AvgIpc) is 3.24. The molecule has 1 N–H and O–H groups in total. The van der Waals surface area contributed by atoms with E-state index in [1.54, 1.807) is 0 Å². The number of rotatable bonds is 4. The highest BCUT2D eigenvalue weighted by Crippen LogP contribution is 2.33. The molecule has 0 saturated carbocycles. The van der Waals surface area contributed by atoms with Crippen LogP contribution in [0.25, 0.3) is 11.4 Å². The fourth-order valence-electron chi connectivity index (χ4n) is 3.31. The maximum absolute atomic E-state index is 10.1. The molecular formula is C20H21N3O2. The first-order chi connectivity index (χ1) is 12.2. The molecule has 0 bridgehead atoms. The number of aromatic nitrogens is 2. The lowest BCUT2D eigenvalue weighted by molar-refractivity contribution is 0.169. The number of aliphatic hydroxyl groups excluding tert-OH is 1. The SMILES string of the molecule is Cc1ccc(CN2CC(O)CC2c2nc(-c3ccccc3)no2)cc1. The minimum absolute atomic E-state index is 0.0544. The lowest BCUT2D eigenvalue weighted by atomic mass is 10.1. The minimum Gasteiger partial charge on any atom is -0.392 e. The molecule has 128 valence electrons. The molecule has 0 aliphatic carbocycles. The minimum atomic E-state index is -0.373. The summed E-state index contributed by atoms with van der Waals surface area (Å²) in [6.45, 7) is 3.45. The fourth-order valence-corrected chi connectivity index (χ4v) is 3.31. The lowest BCUT2D eigenvalue weighted by Crippen LogP contribution is -2.24. The van der Waals surface area contributed by atoms with Gasteiger partial charge in [0.15, 0.2) is 0 Å². The third-order valence-electron chi connectivity index (χ3n) is 4.65. The summed E-state index contributed by atoms with van der Waals surface area (Å²) in [6, 6.07) is 18.2. The van der Waals surface area contributed by atoms with Crippen molar-refractivity contribution in [2.45, 2.75) is 32.0 Å². The van der Waals surface area contributed by atoms with E-state index in [-0.39, 0.29) is 12.1 Å². The van der Waals surface area contributed by atoms with E-state index < -0.39 is 0 Å². The van der Waals surface area contributed by atoms with Crippen molar-refractivity contribution in [1.82, 2.24) is 15.0 Å². The molecule has 1 saturated heterocycles. The highest BCUT2D eigenvalue weighted by atomic mass is 16.5. The van der Waals surface area contributed by atoms with E-state index in [1.165, 1.54) is 11.1 Å². The summed E-state index contributed by atoms with van der Waals surface area (Å²) < 4.78 is 5.52. The highest BCUT2D eigenvalue weighted by Gasteiger charge is 2.35. The standard InChI is InChI=1S/C20H21N3O2/c1-14-7-9-15(10-8-14)12-23-13-17(24)11-18(23)20-21-19(22-25-20)16-5-3-2-4-6-16/h2-10,17-18,24H,11-13H2,1H3. The van der Waals surface area contributed by atoms with Crippen LogP contribution in [-0.4, -0.2) is 32.8 Å². The molecule has 1 aromatic heterocycles. The Labute approximate surface area is 146 Å². The second-order valence-electron chi connectivity index (χ2n) is 6.64. The molecule has 25 heavy (non-hydrogen) atoms. The van der Waals surface area contributed by atoms with Crippen molar-refractivity contribution in [2.24, 2.45) is 0 Å². The molecule has 1 aliphatic heterocycles. The summed E-state index contributed by atoms with van der Waals surface area (Å²) >= 11 is 0. The van der Waals surface area contributed by atoms with E-state index in [1.807, 2.05) is 30.3 Å². The molecule has 2 heterocycles. The fraction of sp³-hybridized carbons (Fsp3) is 0.300. The molecule has 3 aromatic rings. The predicted octanol–water partition coefficient (Wildman–Crippen LogP) is 3.35. The second-order valence-corrected chi connectivity index (χ2v) is 6.64. The van der Waals surface area contributed by atoms with E-state index in [0.29, 0.717) is 24.7 Å². The van der Waals surface area contributed by atoms with Gasteiger partial charge in [0.2, 0.25) is 11.7 Å². The molecule has 1 aliphatic rings. The van der Waals surface area contributed by atoms with Gasteiger partial charge in [0.25, 0.3) is 0 Å². The Bertz CT molecular complexity index is 830. The zero-order valence-corrected chi connectivity index (χ0v) is 14.2. The highest BCUT2D eigenvalue weighted by molar-refractivity contribution is 5.53. The van der Waals surface area contributed by atoms with Crippen molar-refractivity contribution in [3.8, 4) is 11.4 Å². The van der Waals surface area contributed by atoms with Crippen molar-refractivity contribution >= 4 is 0 Å². The number of benzene rings is 2. The van der Waals surface area contributed by atoms with Crippen LogP contribution in [0.4, 0.5) is 0 Å². The van der Waals surface area contributed by atoms with Gasteiger partial charge in [-0.2, -0.15) is 4.98 Å². The Morgan fingerprint density at radius 2 is 1.88 bits per heavy atom. The normalized spacial score (nSPS) is 20.9. The van der Waals surface area contributed by atoms with Crippen LogP contribution >= 0.6 is 0 Å². The number of aliphatic hydroxyl groups is 1. The molecule has 5 nitrogen and oxygen atoms in total. The Balaban J connectivity index is 1.55. The van der Waals surface area contributed by atoms with Crippen molar-refractivity contribution in [3.63, 3.8) is 0 Å². The summed E-state index contributed by atoms with van der Waals surface area (Å²) in [5, 5.41) is 14.3. The van der Waals surface area contributed by atoms with Crippen molar-refractivity contribution in [2.75, 3.05) is 6.54 Å². The third kappa shape index (κ3) is 3.48. The van der Waals surface area contributed by atoms with E-state index in [2.05, 4.69) is 46.2 Å². The van der Waals surface area contributed by atoms with E-state index in [9.17, 15) is 5.11 Å². The number of hydrogen-bond donors (Lipinski definition) is 1. The van der Waals surface area contributed by atoms with E-state index >= 15 is 0 Å². The molecule has 2 aromatic carbocycles. The van der Waals surface area contributed by atoms with E-state index in [0.717, 1.165) is 12.1 Å². The summed E-state index contributed by atoms with van der Waals surface area (Å²) in [4.78, 5) is 6.78. The molecular weight excluding hydrogens is 314 g/mol. The molecule has 2 atom stereocenters. The van der Waals surface area contributed by atoms with Crippen LogP contribution in [0.5, 0.6) is 0 Å². The third-order valence-corrected chi connectivity index (χ3v) is 4.65. The van der Waals surface area contributed by atoms with Crippen molar-refractivity contribution < 1.29 is 9.63 Å². The number of likely N-dealkylation sites (tertiary alicyclic amines) is 1. The van der Waals surface area contributed by atoms with Gasteiger partial charge in [0.05, 0.1) is 12.1 Å². The van der Waals surface area contributed by atoms with Gasteiger partial charge in [0, 0.05) is 18.7 Å². The smallest absolute Gasteiger partial charge is 0.244 e. The van der Waals surface area contributed by atoms with Gasteiger partial charge in [-0.05, 0) is 18.9 Å². The maximum atomic E-state index is 10.1. The van der Waals surface area contributed by atoms with Gasteiger partial charge < -0.3 is 9.63 Å². The maximum Gasteiger partial charge on any atom is 0.244 e. The van der Waals surface area contributed by atoms with Crippen molar-refractivity contribution in [1.29, 1.82) is 0 Å². The summed E-state index contributed by atoms with van der Waals surface area (Å²) in [7, 11) is 0. The summed E-state index contributed by atoms with van der Waals surface area (Å²) in [5.41, 5.74) is 3.39. The van der Waals surface area contributed by atoms with Crippen LogP contribution in [0.2, 0.25) is 0 Å². The van der Waals surface area contributed by atoms with Gasteiger partial charge in [-0.15, -0.1) is 0 Å². The largest absolute Gasteiger partial charge is 0.392 e. The number of aryl methyl sites for hydroxylation is 1. The quantitative estimate of drug-likeness (QED) is 0.792. The summed E-state index contributed by atoms with van der Waals surface area (Å²) in [5.74, 6) is 1.16. The average molecular weight is 335 g/mol. The van der Waals surface area contributed by atoms with E-state index in [4.69, 9.17) is 4.52 Å². The van der Waals surface area contributed by atoms with Gasteiger partial charge in [-0.1, -0.05) is 65.3 Å². The van der Waals surface area contributed by atoms with Gasteiger partial charge in [-0.3, -0.25) is 4.90 Å². The summed E-state index contributed by atoms with van der Waals surface area (Å²) in [6.07, 6.45) is 0.241. The molecule has 0 amide bonds. The van der Waals surface area contributed by atoms with Crippen LogP contribution in [0, 0.1) is 6.92 Å². The second kappa shape index (κ2) is 6.78. The van der Waals surface area contributed by atoms with Crippen LogP contribution in [0.15, 0.2) is 59.1 Å². The molecule has 0 radical (unpaired) electrons. The topological polar surface area (TPSA) is 62.4 Å². The Morgan fingerprint density at radius 3 is 2.64 bits per heavy atom. The van der Waals surface area contributed by atoms with Crippen LogP contribution < -0.4 is 0 Å². The Hall–Kier alpha value is -2.50. The van der Waals surface area contributed by atoms with Gasteiger partial charge in [-0.25, -0.2) is 0 Å². The van der Waals surface area contributed by atoms with Gasteiger partial charge >= 0.3 is 0 Å². The predicted molar refractivity (Wildman–Crippen MR) is 94.7 cm³/mol. The first-order valence-corrected chi connectivity index (χ1v) is 8.56.